The van der Waals surface area contributed by atoms with E-state index in [1.54, 1.807) is 0 Å². The molecule has 0 radical (unpaired) electrons. The normalized spacial score (nSPS) is 11.9. The largest absolute Gasteiger partial charge is 0.464 e. The average molecular weight is 219 g/mol. The molecular weight excluding hydrogens is 198 g/mol. The Morgan fingerprint density at radius 3 is 2.75 bits per heavy atom. The maximum absolute atomic E-state index is 5.76. The average Bonchev–Trinajstić information content (AvgIpc) is 2.78. The summed E-state index contributed by atoms with van der Waals surface area (Å²) in [6.45, 7) is 7.13. The molecule has 0 aliphatic heterocycles. The first kappa shape index (κ1) is 12.9. The third kappa shape index (κ3) is 3.75. The molecule has 1 heterocycles. The molecule has 0 spiro atoms. The van der Waals surface area contributed by atoms with Crippen molar-refractivity contribution in [2.45, 2.75) is 46.1 Å². The minimum Gasteiger partial charge on any atom is -0.464 e. The summed E-state index contributed by atoms with van der Waals surface area (Å²) in [5.41, 5.74) is 0. The van der Waals surface area contributed by atoms with Crippen LogP contribution in [0, 0.1) is 11.8 Å². The molecule has 1 unspecified atom stereocenters. The maximum atomic E-state index is 5.76. The van der Waals surface area contributed by atoms with Gasteiger partial charge in [0.15, 0.2) is 0 Å². The molecule has 2 heteroatoms. The fraction of sp³-hybridized carbons (Fsp3) is 0.571. The second kappa shape index (κ2) is 7.14. The first-order valence-electron chi connectivity index (χ1n) is 6.03. The van der Waals surface area contributed by atoms with Gasteiger partial charge in [-0.2, -0.15) is 0 Å². The second-order valence-corrected chi connectivity index (χ2v) is 3.80. The fourth-order valence-electron chi connectivity index (χ4n) is 1.57. The SMILES string of the molecule is CC#CCC(NCCC)c1ccc(CC)o1. The van der Waals surface area contributed by atoms with Gasteiger partial charge in [-0.25, -0.2) is 0 Å². The molecule has 1 rings (SSSR count). The standard InChI is InChI=1S/C14H21NO/c1-4-7-8-13(15-11-5-2)14-10-9-12(6-3)16-14/h9-10,13,15H,5-6,8,11H2,1-3H3. The number of furan rings is 1. The van der Waals surface area contributed by atoms with Crippen LogP contribution in [0.15, 0.2) is 16.5 Å². The van der Waals surface area contributed by atoms with Crippen molar-refractivity contribution in [3.05, 3.63) is 23.7 Å². The van der Waals surface area contributed by atoms with E-state index < -0.39 is 0 Å². The third-order valence-corrected chi connectivity index (χ3v) is 2.50. The molecule has 16 heavy (non-hydrogen) atoms. The summed E-state index contributed by atoms with van der Waals surface area (Å²) in [6, 6.07) is 4.34. The van der Waals surface area contributed by atoms with Gasteiger partial charge in [-0.15, -0.1) is 11.8 Å². The van der Waals surface area contributed by atoms with Crippen molar-refractivity contribution in [2.24, 2.45) is 0 Å². The second-order valence-electron chi connectivity index (χ2n) is 3.80. The topological polar surface area (TPSA) is 25.2 Å². The summed E-state index contributed by atoms with van der Waals surface area (Å²) >= 11 is 0. The van der Waals surface area contributed by atoms with Gasteiger partial charge in [0.2, 0.25) is 0 Å². The Hall–Kier alpha value is -1.20. The van der Waals surface area contributed by atoms with Gasteiger partial charge in [0, 0.05) is 12.8 Å². The van der Waals surface area contributed by atoms with Gasteiger partial charge in [-0.05, 0) is 32.0 Å². The first-order valence-corrected chi connectivity index (χ1v) is 6.03. The van der Waals surface area contributed by atoms with Crippen molar-refractivity contribution < 1.29 is 4.42 Å². The van der Waals surface area contributed by atoms with Crippen LogP contribution in [0.1, 0.15) is 51.2 Å². The number of nitrogens with one attached hydrogen (secondary N) is 1. The summed E-state index contributed by atoms with van der Waals surface area (Å²) in [5.74, 6) is 8.10. The predicted octanol–water partition coefficient (Wildman–Crippen LogP) is 3.30. The van der Waals surface area contributed by atoms with Crippen LogP contribution in [0.5, 0.6) is 0 Å². The van der Waals surface area contributed by atoms with Crippen LogP contribution in [-0.2, 0) is 6.42 Å². The molecule has 88 valence electrons. The molecule has 0 bridgehead atoms. The van der Waals surface area contributed by atoms with Crippen LogP contribution in [0.4, 0.5) is 0 Å². The quantitative estimate of drug-likeness (QED) is 0.743. The van der Waals surface area contributed by atoms with Crippen molar-refractivity contribution in [3.8, 4) is 11.8 Å². The van der Waals surface area contributed by atoms with E-state index in [-0.39, 0.29) is 6.04 Å². The van der Waals surface area contributed by atoms with Crippen LogP contribution in [0.3, 0.4) is 0 Å². The van der Waals surface area contributed by atoms with E-state index in [0.29, 0.717) is 0 Å². The Bertz CT molecular complexity index is 356. The molecule has 0 aromatic carbocycles. The summed E-state index contributed by atoms with van der Waals surface area (Å²) < 4.78 is 5.76. The van der Waals surface area contributed by atoms with E-state index in [0.717, 1.165) is 37.3 Å². The highest BCUT2D eigenvalue weighted by Gasteiger charge is 2.13. The van der Waals surface area contributed by atoms with Crippen molar-refractivity contribution in [2.75, 3.05) is 6.54 Å². The fourth-order valence-corrected chi connectivity index (χ4v) is 1.57. The Balaban J connectivity index is 2.68. The number of rotatable bonds is 6. The zero-order valence-corrected chi connectivity index (χ0v) is 10.5. The molecule has 1 aromatic rings. The summed E-state index contributed by atoms with van der Waals surface area (Å²) in [7, 11) is 0. The lowest BCUT2D eigenvalue weighted by Crippen LogP contribution is -2.21. The zero-order chi connectivity index (χ0) is 11.8. The Kier molecular flexibility index (Phi) is 5.74. The van der Waals surface area contributed by atoms with E-state index in [9.17, 15) is 0 Å². The molecular formula is C14H21NO. The van der Waals surface area contributed by atoms with Gasteiger partial charge >= 0.3 is 0 Å². The molecule has 2 nitrogen and oxygen atoms in total. The molecule has 0 saturated heterocycles. The molecule has 1 aromatic heterocycles. The van der Waals surface area contributed by atoms with Gasteiger partial charge in [0.25, 0.3) is 0 Å². The third-order valence-electron chi connectivity index (χ3n) is 2.50. The minimum absolute atomic E-state index is 0.229. The van der Waals surface area contributed by atoms with Crippen molar-refractivity contribution in [1.82, 2.24) is 5.32 Å². The van der Waals surface area contributed by atoms with E-state index in [2.05, 4.69) is 43.1 Å². The Morgan fingerprint density at radius 2 is 2.19 bits per heavy atom. The number of aryl methyl sites for hydroxylation is 1. The summed E-state index contributed by atoms with van der Waals surface area (Å²) in [4.78, 5) is 0. The molecule has 1 N–H and O–H groups in total. The summed E-state index contributed by atoms with van der Waals surface area (Å²) in [5, 5.41) is 3.46. The van der Waals surface area contributed by atoms with Crippen molar-refractivity contribution in [1.29, 1.82) is 0 Å². The van der Waals surface area contributed by atoms with Crippen LogP contribution in [0.2, 0.25) is 0 Å². The van der Waals surface area contributed by atoms with Crippen LogP contribution < -0.4 is 5.32 Å². The minimum atomic E-state index is 0.229. The van der Waals surface area contributed by atoms with Gasteiger partial charge in [0.1, 0.15) is 11.5 Å². The zero-order valence-electron chi connectivity index (χ0n) is 10.5. The molecule has 0 aliphatic rings. The van der Waals surface area contributed by atoms with Gasteiger partial charge in [-0.3, -0.25) is 0 Å². The highest BCUT2D eigenvalue weighted by molar-refractivity contribution is 5.13. The molecule has 0 aliphatic carbocycles. The lowest BCUT2D eigenvalue weighted by atomic mass is 10.1. The van der Waals surface area contributed by atoms with Crippen molar-refractivity contribution in [3.63, 3.8) is 0 Å². The van der Waals surface area contributed by atoms with E-state index in [4.69, 9.17) is 4.42 Å². The Labute approximate surface area is 98.4 Å². The highest BCUT2D eigenvalue weighted by Crippen LogP contribution is 2.19. The van der Waals surface area contributed by atoms with E-state index in [1.165, 1.54) is 0 Å². The lowest BCUT2D eigenvalue weighted by molar-refractivity contribution is 0.397. The maximum Gasteiger partial charge on any atom is 0.122 e. The van der Waals surface area contributed by atoms with Gasteiger partial charge in [0.05, 0.1) is 6.04 Å². The monoisotopic (exact) mass is 219 g/mol. The van der Waals surface area contributed by atoms with Crippen LogP contribution >= 0.6 is 0 Å². The number of hydrogen-bond donors (Lipinski definition) is 1. The van der Waals surface area contributed by atoms with Crippen molar-refractivity contribution >= 4 is 0 Å². The molecule has 1 atom stereocenters. The smallest absolute Gasteiger partial charge is 0.122 e. The highest BCUT2D eigenvalue weighted by atomic mass is 16.3. The van der Waals surface area contributed by atoms with Crippen LogP contribution in [-0.4, -0.2) is 6.54 Å². The molecule has 0 saturated carbocycles. The van der Waals surface area contributed by atoms with Gasteiger partial charge in [-0.1, -0.05) is 13.8 Å². The summed E-state index contributed by atoms with van der Waals surface area (Å²) in [6.07, 6.45) is 2.88. The predicted molar refractivity (Wildman–Crippen MR) is 67.2 cm³/mol. The molecule has 0 amide bonds. The Morgan fingerprint density at radius 1 is 1.38 bits per heavy atom. The molecule has 0 fully saturated rings. The van der Waals surface area contributed by atoms with E-state index in [1.807, 2.05) is 6.92 Å². The van der Waals surface area contributed by atoms with Crippen LogP contribution in [0.25, 0.3) is 0 Å². The number of hydrogen-bond acceptors (Lipinski definition) is 2. The van der Waals surface area contributed by atoms with E-state index >= 15 is 0 Å². The van der Waals surface area contributed by atoms with Gasteiger partial charge < -0.3 is 9.73 Å². The lowest BCUT2D eigenvalue weighted by Gasteiger charge is -2.13. The first-order chi connectivity index (χ1) is 7.81.